The fourth-order valence-corrected chi connectivity index (χ4v) is 14.0. The van der Waals surface area contributed by atoms with Crippen molar-refractivity contribution in [2.24, 2.45) is 56.4 Å². The van der Waals surface area contributed by atoms with Crippen LogP contribution in [0.25, 0.3) is 87.2 Å². The Hall–Kier alpha value is -8.57. The van der Waals surface area contributed by atoms with Gasteiger partial charge in [-0.15, -0.1) is 10.2 Å². The predicted octanol–water partition coefficient (Wildman–Crippen LogP) is 20.9. The van der Waals surface area contributed by atoms with Crippen molar-refractivity contribution in [3.05, 3.63) is 197 Å². The van der Waals surface area contributed by atoms with E-state index in [1.54, 1.807) is 0 Å². The Labute approximate surface area is 567 Å². The summed E-state index contributed by atoms with van der Waals surface area (Å²) < 4.78 is 18.1. The van der Waals surface area contributed by atoms with Crippen LogP contribution in [0.4, 0.5) is 0 Å². The van der Waals surface area contributed by atoms with Gasteiger partial charge >= 0.3 is 0 Å². The largest absolute Gasteiger partial charge is 0.347 e. The Bertz CT molecular complexity index is 5040. The van der Waals surface area contributed by atoms with Gasteiger partial charge < -0.3 is 36.5 Å². The lowest BCUT2D eigenvalue weighted by molar-refractivity contribution is 0.518. The van der Waals surface area contributed by atoms with Crippen LogP contribution >= 0.6 is 0 Å². The van der Waals surface area contributed by atoms with Crippen LogP contribution in [0.3, 0.4) is 0 Å². The summed E-state index contributed by atoms with van der Waals surface area (Å²) in [6.07, 6.45) is 0. The molecule has 8 aromatic heterocycles. The molecule has 14 aromatic rings. The standard InChI is InChI=1S/2C17H19N.2C16H20N2.C10H18N2.C8H15N3/c1-17(2,3)16-11-14-9-12-7-5-6-8-13(12)10-15(14)18(16)4;1-17(2,3)16-11-14-13-8-6-5-7-12(13)9-10-15(14)18(16)4;1-16(2,3)14-10-12-11-8-6-7-9-13(11)17(4)15(12)18(14)5;1-16(2,3)14-10-13-15(18(14)5)11-8-6-7-9-12(11)17(13)4;1-7-8(2)12(6)9(11-7)10(3,4)5;1-6-9-10-7(11(6)5)8(2,3)4/h2*5-11H,1-4H3;2*6-10H,1-5H3;1-6H3;1-5H3. The highest BCUT2D eigenvalue weighted by atomic mass is 15.3. The molecule has 0 saturated heterocycles. The Balaban J connectivity index is 0.000000135. The minimum atomic E-state index is 0.0933. The highest BCUT2D eigenvalue weighted by Gasteiger charge is 2.27. The maximum atomic E-state index is 4.54. The van der Waals surface area contributed by atoms with E-state index >= 15 is 0 Å². The molecule has 0 fully saturated rings. The number of hydrogen-bond donors (Lipinski definition) is 0. The van der Waals surface area contributed by atoms with Gasteiger partial charge in [-0.25, -0.2) is 4.98 Å². The highest BCUT2D eigenvalue weighted by molar-refractivity contribution is 6.09. The van der Waals surface area contributed by atoms with E-state index in [0.29, 0.717) is 0 Å². The molecule has 0 aliphatic carbocycles. The van der Waals surface area contributed by atoms with E-state index in [2.05, 4.69) is 381 Å². The minimum Gasteiger partial charge on any atom is -0.347 e. The number of aromatic nitrogens is 11. The van der Waals surface area contributed by atoms with Crippen molar-refractivity contribution in [1.29, 1.82) is 0 Å². The molecule has 0 atom stereocenters. The van der Waals surface area contributed by atoms with Crippen molar-refractivity contribution in [2.45, 2.75) is 178 Å². The third kappa shape index (κ3) is 14.1. The van der Waals surface area contributed by atoms with Gasteiger partial charge in [0.05, 0.1) is 27.8 Å². The zero-order chi connectivity index (χ0) is 70.1. The topological polar surface area (TPSA) is 78.1 Å². The van der Waals surface area contributed by atoms with Crippen LogP contribution in [-0.4, -0.2) is 51.7 Å². The summed E-state index contributed by atoms with van der Waals surface area (Å²) in [4.78, 5) is 4.54. The highest BCUT2D eigenvalue weighted by Crippen LogP contribution is 2.38. The molecular formula is C84H111N11. The number of aryl methyl sites for hydroxylation is 8. The number of hydrogen-bond acceptors (Lipinski definition) is 3. The summed E-state index contributed by atoms with van der Waals surface area (Å²) in [5.41, 5.74) is 18.1. The smallest absolute Gasteiger partial charge is 0.138 e. The zero-order valence-electron chi connectivity index (χ0n) is 63.3. The molecule has 0 aliphatic rings. The molecule has 0 unspecified atom stereocenters. The number of fused-ring (bicyclic) bond motifs is 11. The van der Waals surface area contributed by atoms with E-state index in [4.69, 9.17) is 0 Å². The first-order valence-corrected chi connectivity index (χ1v) is 33.9. The maximum Gasteiger partial charge on any atom is 0.138 e. The van der Waals surface area contributed by atoms with E-state index in [-0.39, 0.29) is 32.5 Å². The SMILES string of the molecule is Cc1nc(C(C)(C)C)n(C)c1C.Cc1nnc(C(C)(C)C)n1C.Cn1c(C(C)(C)C)cc2c1c1ccccc1n2C.Cn1c(C(C)(C)C)cc2c3ccccc3ccc21.Cn1c(C(C)(C)C)cc2c3ccccc3n(C)c21.Cn1c(C(C)(C)C)cc2cc3ccccc3cc21. The zero-order valence-corrected chi connectivity index (χ0v) is 63.3. The molecular weight excluding hydrogens is 1160 g/mol. The van der Waals surface area contributed by atoms with Crippen molar-refractivity contribution < 1.29 is 0 Å². The van der Waals surface area contributed by atoms with Crippen molar-refractivity contribution in [2.75, 3.05) is 0 Å². The number of imidazole rings is 1. The second-order valence-corrected chi connectivity index (χ2v) is 32.8. The van der Waals surface area contributed by atoms with E-state index in [1.807, 2.05) is 18.5 Å². The van der Waals surface area contributed by atoms with Crippen LogP contribution in [0.2, 0.25) is 0 Å². The lowest BCUT2D eigenvalue weighted by atomic mass is 9.92. The van der Waals surface area contributed by atoms with E-state index in [1.165, 1.54) is 116 Å². The number of para-hydroxylation sites is 2. The number of benzene rings is 6. The van der Waals surface area contributed by atoms with E-state index in [9.17, 15) is 0 Å². The molecule has 0 N–H and O–H groups in total. The van der Waals surface area contributed by atoms with Gasteiger partial charge in [-0.1, -0.05) is 216 Å². The van der Waals surface area contributed by atoms with Crippen LogP contribution in [0, 0.1) is 20.8 Å². The van der Waals surface area contributed by atoms with Crippen LogP contribution in [0.15, 0.2) is 146 Å². The second-order valence-electron chi connectivity index (χ2n) is 32.8. The minimum absolute atomic E-state index is 0.0933. The molecule has 11 nitrogen and oxygen atoms in total. The molecule has 11 heteroatoms. The summed E-state index contributed by atoms with van der Waals surface area (Å²) in [5, 5.41) is 20.1. The quantitative estimate of drug-likeness (QED) is 0.152. The summed E-state index contributed by atoms with van der Waals surface area (Å²) in [5.74, 6) is 3.17. The Morgan fingerprint density at radius 3 is 1.21 bits per heavy atom. The molecule has 8 heterocycles. The fourth-order valence-electron chi connectivity index (χ4n) is 14.0. The molecule has 0 spiro atoms. The van der Waals surface area contributed by atoms with Gasteiger partial charge in [-0.2, -0.15) is 0 Å². The molecule has 0 bridgehead atoms. The monoisotopic (exact) mass is 1270 g/mol. The number of rotatable bonds is 0. The van der Waals surface area contributed by atoms with Gasteiger partial charge in [0.1, 0.15) is 23.1 Å². The Kier molecular flexibility index (Phi) is 19.3. The summed E-state index contributed by atoms with van der Waals surface area (Å²) in [6, 6.07) is 52.8. The van der Waals surface area contributed by atoms with Gasteiger partial charge in [-0.05, 0) is 96.9 Å². The Morgan fingerprint density at radius 2 is 0.716 bits per heavy atom. The molecule has 14 rings (SSSR count). The maximum absolute atomic E-state index is 4.54. The third-order valence-electron chi connectivity index (χ3n) is 19.2. The molecule has 6 aromatic carbocycles. The first-order chi connectivity index (χ1) is 44.0. The lowest BCUT2D eigenvalue weighted by Gasteiger charge is -2.20. The summed E-state index contributed by atoms with van der Waals surface area (Å²) in [7, 11) is 17.0. The summed E-state index contributed by atoms with van der Waals surface area (Å²) in [6.45, 7) is 46.3. The Morgan fingerprint density at radius 1 is 0.274 bits per heavy atom. The van der Waals surface area contributed by atoms with Crippen molar-refractivity contribution in [3.8, 4) is 0 Å². The van der Waals surface area contributed by atoms with Crippen LogP contribution in [0.1, 0.15) is 176 Å². The average Bonchev–Trinajstić information content (AvgIpc) is 1.59. The number of nitrogens with zero attached hydrogens (tertiary/aromatic N) is 11. The molecule has 0 amide bonds. The van der Waals surface area contributed by atoms with Gasteiger partial charge in [0.25, 0.3) is 0 Å². The third-order valence-corrected chi connectivity index (χ3v) is 19.2. The van der Waals surface area contributed by atoms with Gasteiger partial charge in [-0.3, -0.25) is 0 Å². The predicted molar refractivity (Wildman–Crippen MR) is 410 cm³/mol. The van der Waals surface area contributed by atoms with Crippen molar-refractivity contribution >= 4 is 87.2 Å². The van der Waals surface area contributed by atoms with E-state index < -0.39 is 0 Å². The molecule has 95 heavy (non-hydrogen) atoms. The first kappa shape index (κ1) is 70.7. The van der Waals surface area contributed by atoms with Gasteiger partial charge in [0.15, 0.2) is 0 Å². The molecule has 502 valence electrons. The fraction of sp³-hybridized carbons (Fsp3) is 0.417. The van der Waals surface area contributed by atoms with Crippen LogP contribution < -0.4 is 0 Å². The van der Waals surface area contributed by atoms with Crippen LogP contribution in [0.5, 0.6) is 0 Å². The lowest BCUT2D eigenvalue weighted by Crippen LogP contribution is -2.17. The molecule has 0 aliphatic heterocycles. The van der Waals surface area contributed by atoms with Gasteiger partial charge in [0, 0.05) is 155 Å². The molecule has 0 radical (unpaired) electrons. The van der Waals surface area contributed by atoms with Crippen molar-refractivity contribution in [1.82, 2.24) is 51.7 Å². The second kappa shape index (κ2) is 25.9. The van der Waals surface area contributed by atoms with Crippen molar-refractivity contribution in [3.63, 3.8) is 0 Å². The normalized spacial score (nSPS) is 12.5. The summed E-state index contributed by atoms with van der Waals surface area (Å²) >= 11 is 0. The first-order valence-electron chi connectivity index (χ1n) is 33.9. The van der Waals surface area contributed by atoms with Gasteiger partial charge in [0.2, 0.25) is 0 Å². The average molecular weight is 1270 g/mol. The van der Waals surface area contributed by atoms with Crippen LogP contribution in [-0.2, 0) is 88.9 Å². The van der Waals surface area contributed by atoms with E-state index in [0.717, 1.165) is 23.2 Å². The molecule has 0 saturated carbocycles.